The number of fused-ring (bicyclic) bond motifs is 1. The quantitative estimate of drug-likeness (QED) is 0.435. The lowest BCUT2D eigenvalue weighted by atomic mass is 10.1. The topological polar surface area (TPSA) is 50.7 Å². The Morgan fingerprint density at radius 3 is 1.94 bits per heavy atom. The number of nitrogens with one attached hydrogen (secondary N) is 1. The van der Waals surface area contributed by atoms with Gasteiger partial charge in [-0.25, -0.2) is 9.55 Å². The zero-order chi connectivity index (χ0) is 21.2. The zero-order valence-electron chi connectivity index (χ0n) is 16.7. The summed E-state index contributed by atoms with van der Waals surface area (Å²) in [6.45, 7) is 0. The summed E-state index contributed by atoms with van der Waals surface area (Å²) in [5.41, 5.74) is 5.10. The van der Waals surface area contributed by atoms with Gasteiger partial charge in [0.25, 0.3) is 5.56 Å². The molecule has 0 bridgehead atoms. The molecule has 0 saturated heterocycles. The van der Waals surface area contributed by atoms with E-state index in [4.69, 9.17) is 11.4 Å². The van der Waals surface area contributed by atoms with Crippen LogP contribution in [0.3, 0.4) is 0 Å². The van der Waals surface area contributed by atoms with Crippen LogP contribution < -0.4 is 5.56 Å². The van der Waals surface area contributed by atoms with Crippen molar-refractivity contribution in [1.29, 1.82) is 0 Å². The summed E-state index contributed by atoms with van der Waals surface area (Å²) in [6.07, 6.45) is 6.36. The van der Waals surface area contributed by atoms with E-state index in [2.05, 4.69) is 10.9 Å². The van der Waals surface area contributed by atoms with E-state index in [0.717, 1.165) is 28.1 Å². The predicted octanol–water partition coefficient (Wildman–Crippen LogP) is 4.90. The second-order valence-electron chi connectivity index (χ2n) is 7.29. The Bertz CT molecular complexity index is 1410. The highest BCUT2D eigenvalue weighted by molar-refractivity contribution is 5.75. The van der Waals surface area contributed by atoms with Gasteiger partial charge in [-0.3, -0.25) is 4.79 Å². The fourth-order valence-corrected chi connectivity index (χ4v) is 3.84. The van der Waals surface area contributed by atoms with Crippen molar-refractivity contribution in [2.45, 2.75) is 6.42 Å². The number of aromatic amines is 1. The van der Waals surface area contributed by atoms with Crippen LogP contribution in [0.25, 0.3) is 28.3 Å². The summed E-state index contributed by atoms with van der Waals surface area (Å²) in [4.78, 5) is 21.7. The maximum Gasteiger partial charge on any atom is 0.279 e. The number of benzene rings is 3. The van der Waals surface area contributed by atoms with Crippen molar-refractivity contribution >= 4 is 0 Å². The molecule has 0 fully saturated rings. The summed E-state index contributed by atoms with van der Waals surface area (Å²) in [5, 5.41) is 0. The first-order valence-corrected chi connectivity index (χ1v) is 10.0. The van der Waals surface area contributed by atoms with Crippen LogP contribution in [0.15, 0.2) is 95.8 Å². The number of aromatic nitrogens is 3. The van der Waals surface area contributed by atoms with E-state index in [1.807, 2.05) is 91.0 Å². The van der Waals surface area contributed by atoms with Gasteiger partial charge in [0.05, 0.1) is 11.4 Å². The average molecular weight is 401 g/mol. The lowest BCUT2D eigenvalue weighted by Crippen LogP contribution is -2.20. The minimum atomic E-state index is -0.185. The number of imidazole rings is 1. The number of hydrogen-bond donors (Lipinski definition) is 1. The first-order chi connectivity index (χ1) is 15.3. The molecule has 0 saturated carbocycles. The second-order valence-corrected chi connectivity index (χ2v) is 7.29. The van der Waals surface area contributed by atoms with E-state index >= 15 is 0 Å². The fraction of sp³-hybridized carbons (Fsp3) is 0.0370. The molecule has 0 aromatic heterocycles. The van der Waals surface area contributed by atoms with Crippen LogP contribution in [0.1, 0.15) is 17.0 Å². The van der Waals surface area contributed by atoms with E-state index in [9.17, 15) is 4.79 Å². The van der Waals surface area contributed by atoms with Crippen molar-refractivity contribution in [3.8, 4) is 40.7 Å². The zero-order valence-corrected chi connectivity index (χ0v) is 16.7. The van der Waals surface area contributed by atoms with E-state index in [1.165, 1.54) is 0 Å². The Balaban J connectivity index is 1.82. The van der Waals surface area contributed by atoms with Crippen LogP contribution in [-0.2, 0) is 6.42 Å². The van der Waals surface area contributed by atoms with Crippen molar-refractivity contribution < 1.29 is 0 Å². The smallest absolute Gasteiger partial charge is 0.279 e. The third-order valence-electron chi connectivity index (χ3n) is 5.31. The predicted molar refractivity (Wildman–Crippen MR) is 123 cm³/mol. The number of H-pyrrole nitrogens is 1. The molecule has 3 aromatic carbocycles. The first kappa shape index (κ1) is 18.7. The van der Waals surface area contributed by atoms with Gasteiger partial charge < -0.3 is 4.98 Å². The molecule has 5 rings (SSSR count). The minimum Gasteiger partial charge on any atom is -0.349 e. The van der Waals surface area contributed by atoms with E-state index in [1.54, 1.807) is 4.57 Å². The third kappa shape index (κ3) is 3.33. The van der Waals surface area contributed by atoms with Crippen LogP contribution in [-0.4, -0.2) is 14.5 Å². The van der Waals surface area contributed by atoms with Gasteiger partial charge >= 0.3 is 0 Å². The molecule has 1 N–H and O–H groups in total. The van der Waals surface area contributed by atoms with Crippen LogP contribution >= 0.6 is 0 Å². The molecule has 2 aliphatic rings. The van der Waals surface area contributed by atoms with Gasteiger partial charge in [0.1, 0.15) is 11.4 Å². The Labute approximate surface area is 180 Å². The summed E-state index contributed by atoms with van der Waals surface area (Å²) < 4.78 is 1.57. The first-order valence-electron chi connectivity index (χ1n) is 10.0. The molecule has 2 aliphatic heterocycles. The van der Waals surface area contributed by atoms with Crippen molar-refractivity contribution in [2.24, 2.45) is 0 Å². The Morgan fingerprint density at radius 1 is 0.806 bits per heavy atom. The molecule has 0 unspecified atom stereocenters. The highest BCUT2D eigenvalue weighted by Gasteiger charge is 2.25. The van der Waals surface area contributed by atoms with Gasteiger partial charge in [-0.05, 0) is 11.5 Å². The van der Waals surface area contributed by atoms with Crippen LogP contribution in [0.4, 0.5) is 0 Å². The molecule has 31 heavy (non-hydrogen) atoms. The van der Waals surface area contributed by atoms with Crippen LogP contribution in [0.5, 0.6) is 0 Å². The number of nitrogens with zero attached hydrogens (tertiary/aromatic N) is 2. The van der Waals surface area contributed by atoms with Gasteiger partial charge in [0.15, 0.2) is 5.82 Å². The molecule has 4 nitrogen and oxygen atoms in total. The molecule has 0 amide bonds. The SMILES string of the molecule is C#Cc1c(-c2ccccc2)[nH]c(-c2ccccc2)c2nc(Cc3ccccc3)c(=O)n1-2. The van der Waals surface area contributed by atoms with E-state index in [-0.39, 0.29) is 5.56 Å². The standard InChI is InChI=1S/C27H19N3O/c1-2-23-24(20-14-8-4-9-15-20)29-25(21-16-10-5-11-17-21)26-28-22(27(31)30(23)26)18-19-12-6-3-7-13-19/h1,3-17,29H,18H2. The largest absolute Gasteiger partial charge is 0.349 e. The third-order valence-corrected chi connectivity index (χ3v) is 5.31. The number of hydrogen-bond acceptors (Lipinski definition) is 2. The number of terminal acetylenes is 1. The molecule has 148 valence electrons. The molecule has 3 aromatic rings. The minimum absolute atomic E-state index is 0.185. The van der Waals surface area contributed by atoms with Crippen molar-refractivity contribution in [3.63, 3.8) is 0 Å². The normalized spacial score (nSPS) is 10.8. The highest BCUT2D eigenvalue weighted by Crippen LogP contribution is 2.31. The lowest BCUT2D eigenvalue weighted by molar-refractivity contribution is 0.957. The molecular formula is C27H19N3O. The average Bonchev–Trinajstić information content (AvgIpc) is 3.15. The van der Waals surface area contributed by atoms with Gasteiger partial charge in [-0.2, -0.15) is 0 Å². The van der Waals surface area contributed by atoms with E-state index in [0.29, 0.717) is 23.6 Å². The lowest BCUT2D eigenvalue weighted by Gasteiger charge is -2.16. The van der Waals surface area contributed by atoms with Gasteiger partial charge in [-0.15, -0.1) is 6.42 Å². The van der Waals surface area contributed by atoms with Crippen LogP contribution in [0, 0.1) is 12.3 Å². The highest BCUT2D eigenvalue weighted by atomic mass is 16.1. The van der Waals surface area contributed by atoms with Gasteiger partial charge in [0.2, 0.25) is 0 Å². The molecule has 0 atom stereocenters. The molecule has 0 aliphatic carbocycles. The molecule has 2 heterocycles. The van der Waals surface area contributed by atoms with Crippen molar-refractivity contribution in [3.05, 3.63) is 118 Å². The maximum atomic E-state index is 13.5. The summed E-state index contributed by atoms with van der Waals surface area (Å²) >= 11 is 0. The second kappa shape index (κ2) is 7.81. The summed E-state index contributed by atoms with van der Waals surface area (Å²) in [7, 11) is 0. The Morgan fingerprint density at radius 2 is 1.35 bits per heavy atom. The summed E-state index contributed by atoms with van der Waals surface area (Å²) in [6, 6.07) is 29.5. The molecule has 0 spiro atoms. The maximum absolute atomic E-state index is 13.5. The van der Waals surface area contributed by atoms with Crippen molar-refractivity contribution in [2.75, 3.05) is 0 Å². The molecular weight excluding hydrogens is 382 g/mol. The van der Waals surface area contributed by atoms with Gasteiger partial charge in [0, 0.05) is 17.5 Å². The van der Waals surface area contributed by atoms with E-state index < -0.39 is 0 Å². The number of rotatable bonds is 4. The monoisotopic (exact) mass is 401 g/mol. The fourth-order valence-electron chi connectivity index (χ4n) is 3.84. The van der Waals surface area contributed by atoms with Gasteiger partial charge in [-0.1, -0.05) is 91.0 Å². The Hall–Kier alpha value is -4.36. The summed E-state index contributed by atoms with van der Waals surface area (Å²) in [5.74, 6) is 3.26. The molecule has 4 heteroatoms. The Kier molecular flexibility index (Phi) is 4.70. The molecule has 0 radical (unpaired) electrons. The van der Waals surface area contributed by atoms with Crippen molar-refractivity contribution in [1.82, 2.24) is 14.5 Å². The van der Waals surface area contributed by atoms with Crippen LogP contribution in [0.2, 0.25) is 0 Å².